The molecule has 8 nitrogen and oxygen atoms in total. The van der Waals surface area contributed by atoms with Gasteiger partial charge in [-0.1, -0.05) is 19.9 Å². The van der Waals surface area contributed by atoms with Crippen LogP contribution in [0.5, 0.6) is 5.88 Å². The van der Waals surface area contributed by atoms with Gasteiger partial charge in [0.2, 0.25) is 5.88 Å². The van der Waals surface area contributed by atoms with Crippen molar-refractivity contribution in [1.82, 2.24) is 15.3 Å². The van der Waals surface area contributed by atoms with Crippen LogP contribution in [0.1, 0.15) is 48.2 Å². The van der Waals surface area contributed by atoms with Crippen LogP contribution >= 0.6 is 0 Å². The number of anilines is 3. The first-order chi connectivity index (χ1) is 17.9. The van der Waals surface area contributed by atoms with Gasteiger partial charge in [0.1, 0.15) is 5.82 Å². The van der Waals surface area contributed by atoms with E-state index in [-0.39, 0.29) is 11.3 Å². The number of nitrogens with one attached hydrogen (secondary N) is 3. The number of piperidine rings is 1. The summed E-state index contributed by atoms with van der Waals surface area (Å²) in [5, 5.41) is 9.86. The molecule has 8 heteroatoms. The van der Waals surface area contributed by atoms with E-state index in [1.807, 2.05) is 18.2 Å². The predicted molar refractivity (Wildman–Crippen MR) is 148 cm³/mol. The van der Waals surface area contributed by atoms with Crippen molar-refractivity contribution in [2.45, 2.75) is 38.6 Å². The van der Waals surface area contributed by atoms with Crippen molar-refractivity contribution in [1.29, 1.82) is 0 Å². The SMILES string of the molecule is COc1cc(CNc2ncccc2C(=O)Nc2ccc3c(c2)N(CC2CCNCC2)CC3(C)C)ccn1. The van der Waals surface area contributed by atoms with E-state index in [0.717, 1.165) is 37.4 Å². The Morgan fingerprint density at radius 3 is 2.78 bits per heavy atom. The number of ether oxygens (including phenoxy) is 1. The van der Waals surface area contributed by atoms with Crippen molar-refractivity contribution in [2.75, 3.05) is 48.8 Å². The summed E-state index contributed by atoms with van der Waals surface area (Å²) in [6, 6.07) is 13.7. The highest BCUT2D eigenvalue weighted by molar-refractivity contribution is 6.07. The van der Waals surface area contributed by atoms with Gasteiger partial charge < -0.3 is 25.6 Å². The van der Waals surface area contributed by atoms with Crippen LogP contribution in [-0.4, -0.2) is 49.2 Å². The predicted octanol–water partition coefficient (Wildman–Crippen LogP) is 4.45. The van der Waals surface area contributed by atoms with E-state index in [0.29, 0.717) is 29.7 Å². The van der Waals surface area contributed by atoms with Crippen molar-refractivity contribution >= 4 is 23.1 Å². The van der Waals surface area contributed by atoms with Gasteiger partial charge in [-0.15, -0.1) is 0 Å². The van der Waals surface area contributed by atoms with Gasteiger partial charge in [0.05, 0.1) is 12.7 Å². The molecule has 1 saturated heterocycles. The lowest BCUT2D eigenvalue weighted by Crippen LogP contribution is -2.37. The highest BCUT2D eigenvalue weighted by Crippen LogP contribution is 2.42. The van der Waals surface area contributed by atoms with E-state index < -0.39 is 0 Å². The molecule has 2 aliphatic rings. The molecule has 0 bridgehead atoms. The molecular weight excluding hydrogens is 464 g/mol. The number of hydrogen-bond donors (Lipinski definition) is 3. The van der Waals surface area contributed by atoms with Gasteiger partial charge in [-0.3, -0.25) is 4.79 Å². The minimum absolute atomic E-state index is 0.0842. The average Bonchev–Trinajstić information content (AvgIpc) is 3.17. The van der Waals surface area contributed by atoms with Crippen molar-refractivity contribution in [3.05, 3.63) is 71.5 Å². The van der Waals surface area contributed by atoms with Crippen molar-refractivity contribution in [3.63, 3.8) is 0 Å². The minimum Gasteiger partial charge on any atom is -0.481 e. The van der Waals surface area contributed by atoms with Gasteiger partial charge in [-0.25, -0.2) is 9.97 Å². The van der Waals surface area contributed by atoms with E-state index in [9.17, 15) is 4.79 Å². The Balaban J connectivity index is 1.31. The van der Waals surface area contributed by atoms with E-state index >= 15 is 0 Å². The van der Waals surface area contributed by atoms with Crippen molar-refractivity contribution in [2.24, 2.45) is 5.92 Å². The number of hydrogen-bond acceptors (Lipinski definition) is 7. The molecule has 5 rings (SSSR count). The van der Waals surface area contributed by atoms with Crippen LogP contribution in [0.2, 0.25) is 0 Å². The number of amides is 1. The van der Waals surface area contributed by atoms with Crippen LogP contribution in [0.25, 0.3) is 0 Å². The number of aromatic nitrogens is 2. The molecule has 2 aliphatic heterocycles. The molecule has 194 valence electrons. The maximum Gasteiger partial charge on any atom is 0.259 e. The molecule has 3 N–H and O–H groups in total. The Morgan fingerprint density at radius 2 is 1.97 bits per heavy atom. The lowest BCUT2D eigenvalue weighted by Gasteiger charge is -2.30. The fourth-order valence-electron chi connectivity index (χ4n) is 5.42. The van der Waals surface area contributed by atoms with Gasteiger partial charge in [-0.2, -0.15) is 0 Å². The zero-order valence-electron chi connectivity index (χ0n) is 21.9. The first kappa shape index (κ1) is 25.0. The third-order valence-corrected chi connectivity index (χ3v) is 7.37. The van der Waals surface area contributed by atoms with Crippen LogP contribution in [0.3, 0.4) is 0 Å². The van der Waals surface area contributed by atoms with Crippen LogP contribution < -0.4 is 25.6 Å². The summed E-state index contributed by atoms with van der Waals surface area (Å²) >= 11 is 0. The summed E-state index contributed by atoms with van der Waals surface area (Å²) in [7, 11) is 1.59. The van der Waals surface area contributed by atoms with Gasteiger partial charge in [-0.05, 0) is 73.3 Å². The molecule has 4 heterocycles. The molecule has 3 aromatic rings. The van der Waals surface area contributed by atoms with Crippen LogP contribution in [-0.2, 0) is 12.0 Å². The summed E-state index contributed by atoms with van der Waals surface area (Å²) in [6.07, 6.45) is 5.81. The standard InChI is InChI=1S/C29H36N6O2/c1-29(2)19-35(18-20-8-12-30-13-9-20)25-16-22(6-7-24(25)29)34-28(36)23-5-4-11-32-27(23)33-17-21-10-14-31-26(15-21)37-3/h4-7,10-11,14-16,20,30H,8-9,12-13,17-19H2,1-3H3,(H,32,33)(H,34,36). The molecule has 0 aliphatic carbocycles. The van der Waals surface area contributed by atoms with E-state index in [1.54, 1.807) is 31.6 Å². The quantitative estimate of drug-likeness (QED) is 0.421. The number of fused-ring (bicyclic) bond motifs is 1. The maximum absolute atomic E-state index is 13.3. The van der Waals surface area contributed by atoms with Crippen LogP contribution in [0, 0.1) is 5.92 Å². The third-order valence-electron chi connectivity index (χ3n) is 7.37. The van der Waals surface area contributed by atoms with E-state index in [4.69, 9.17) is 4.74 Å². The molecule has 0 spiro atoms. The lowest BCUT2D eigenvalue weighted by molar-refractivity contribution is 0.102. The topological polar surface area (TPSA) is 91.4 Å². The Hall–Kier alpha value is -3.65. The Morgan fingerprint density at radius 1 is 1.14 bits per heavy atom. The summed E-state index contributed by atoms with van der Waals surface area (Å²) in [5.74, 6) is 1.59. The summed E-state index contributed by atoms with van der Waals surface area (Å²) in [4.78, 5) is 24.4. The third kappa shape index (κ3) is 5.69. The molecule has 0 radical (unpaired) electrons. The molecular formula is C29H36N6O2. The van der Waals surface area contributed by atoms with Crippen molar-refractivity contribution < 1.29 is 9.53 Å². The summed E-state index contributed by atoms with van der Waals surface area (Å²) < 4.78 is 5.20. The largest absolute Gasteiger partial charge is 0.481 e. The van der Waals surface area contributed by atoms with Crippen molar-refractivity contribution in [3.8, 4) is 5.88 Å². The maximum atomic E-state index is 13.3. The highest BCUT2D eigenvalue weighted by atomic mass is 16.5. The number of methoxy groups -OCH3 is 1. The van der Waals surface area contributed by atoms with E-state index in [1.165, 1.54) is 24.1 Å². The average molecular weight is 501 g/mol. The number of carbonyl (C=O) groups is 1. The molecule has 2 aromatic heterocycles. The smallest absolute Gasteiger partial charge is 0.259 e. The first-order valence-corrected chi connectivity index (χ1v) is 13.0. The second kappa shape index (κ2) is 10.8. The van der Waals surface area contributed by atoms with Crippen LogP contribution in [0.15, 0.2) is 54.9 Å². The molecule has 1 fully saturated rings. The Kier molecular flexibility index (Phi) is 7.28. The minimum atomic E-state index is -0.190. The number of benzene rings is 1. The van der Waals surface area contributed by atoms with E-state index in [2.05, 4.69) is 56.8 Å². The molecule has 0 atom stereocenters. The first-order valence-electron chi connectivity index (χ1n) is 13.0. The molecule has 0 unspecified atom stereocenters. The Labute approximate surface area is 218 Å². The van der Waals surface area contributed by atoms with Gasteiger partial charge in [0.25, 0.3) is 5.91 Å². The number of pyridine rings is 2. The second-order valence-corrected chi connectivity index (χ2v) is 10.6. The molecule has 1 amide bonds. The zero-order chi connectivity index (χ0) is 25.8. The zero-order valence-corrected chi connectivity index (χ0v) is 21.9. The summed E-state index contributed by atoms with van der Waals surface area (Å²) in [6.45, 7) is 9.36. The number of nitrogens with zero attached hydrogens (tertiary/aromatic N) is 3. The second-order valence-electron chi connectivity index (χ2n) is 10.6. The highest BCUT2D eigenvalue weighted by Gasteiger charge is 2.36. The van der Waals surface area contributed by atoms with Crippen LogP contribution in [0.4, 0.5) is 17.2 Å². The van der Waals surface area contributed by atoms with Gasteiger partial charge in [0.15, 0.2) is 0 Å². The molecule has 0 saturated carbocycles. The molecule has 1 aromatic carbocycles. The molecule has 37 heavy (non-hydrogen) atoms. The summed E-state index contributed by atoms with van der Waals surface area (Å²) in [5.41, 5.74) is 4.94. The monoisotopic (exact) mass is 500 g/mol. The fraction of sp³-hybridized carbons (Fsp3) is 0.414. The van der Waals surface area contributed by atoms with Gasteiger partial charge in [0, 0.05) is 54.9 Å². The Bertz CT molecular complexity index is 1250. The lowest BCUT2D eigenvalue weighted by atomic mass is 9.87. The number of rotatable bonds is 8. The normalized spacial score (nSPS) is 16.8. The van der Waals surface area contributed by atoms with Gasteiger partial charge >= 0.3 is 0 Å². The number of carbonyl (C=O) groups excluding carboxylic acids is 1. The fourth-order valence-corrected chi connectivity index (χ4v) is 5.42.